The molecule has 1 amide bonds. The van der Waals surface area contributed by atoms with Gasteiger partial charge in [-0.05, 0) is 37.4 Å². The number of hydrogen-bond acceptors (Lipinski definition) is 4. The fourth-order valence-corrected chi connectivity index (χ4v) is 2.63. The van der Waals surface area contributed by atoms with Crippen LogP contribution in [0.5, 0.6) is 0 Å². The van der Waals surface area contributed by atoms with Gasteiger partial charge in [-0.2, -0.15) is 0 Å². The molecule has 19 heavy (non-hydrogen) atoms. The number of rotatable bonds is 5. The normalized spacial score (nSPS) is 13.2. The second kappa shape index (κ2) is 5.59. The zero-order valence-corrected chi connectivity index (χ0v) is 11.7. The molecule has 5 heteroatoms. The molecule has 0 saturated heterocycles. The lowest BCUT2D eigenvalue weighted by Crippen LogP contribution is -2.42. The Balaban J connectivity index is 2.12. The second-order valence-electron chi connectivity index (χ2n) is 4.83. The fraction of sp³-hybridized carbons (Fsp3) is 0.357. The van der Waals surface area contributed by atoms with E-state index in [2.05, 4.69) is 5.32 Å². The highest BCUT2D eigenvalue weighted by Crippen LogP contribution is 2.28. The van der Waals surface area contributed by atoms with Crippen LogP contribution in [0.15, 0.2) is 40.3 Å². The maximum absolute atomic E-state index is 12.4. The minimum Gasteiger partial charge on any atom is -0.467 e. The highest BCUT2D eigenvalue weighted by atomic mass is 32.1. The molecule has 1 atom stereocenters. The molecule has 2 N–H and O–H groups in total. The molecule has 2 aromatic heterocycles. The van der Waals surface area contributed by atoms with Crippen LogP contribution in [0.4, 0.5) is 0 Å². The van der Waals surface area contributed by atoms with Gasteiger partial charge in [-0.15, -0.1) is 11.3 Å². The first-order valence-electron chi connectivity index (χ1n) is 6.05. The summed E-state index contributed by atoms with van der Waals surface area (Å²) in [5, 5.41) is 14.1. The lowest BCUT2D eigenvalue weighted by molar-refractivity contribution is -0.126. The van der Waals surface area contributed by atoms with Crippen LogP contribution < -0.4 is 5.32 Å². The van der Waals surface area contributed by atoms with Crippen LogP contribution >= 0.6 is 11.3 Å². The number of amides is 1. The summed E-state index contributed by atoms with van der Waals surface area (Å²) in [5.74, 6) is 0.420. The highest BCUT2D eigenvalue weighted by Gasteiger charge is 2.32. The summed E-state index contributed by atoms with van der Waals surface area (Å²) < 4.78 is 5.22. The van der Waals surface area contributed by atoms with Crippen LogP contribution in [0.2, 0.25) is 0 Å². The van der Waals surface area contributed by atoms with Crippen molar-refractivity contribution >= 4 is 17.2 Å². The first-order valence-corrected chi connectivity index (χ1v) is 6.93. The zero-order valence-electron chi connectivity index (χ0n) is 10.9. The van der Waals surface area contributed by atoms with Crippen LogP contribution in [-0.2, 0) is 10.2 Å². The summed E-state index contributed by atoms with van der Waals surface area (Å²) in [5.41, 5.74) is -0.631. The van der Waals surface area contributed by atoms with E-state index in [1.807, 2.05) is 31.4 Å². The summed E-state index contributed by atoms with van der Waals surface area (Å²) in [4.78, 5) is 13.4. The van der Waals surface area contributed by atoms with E-state index in [1.54, 1.807) is 23.5 Å². The monoisotopic (exact) mass is 279 g/mol. The first-order chi connectivity index (χ1) is 9.05. The average Bonchev–Trinajstić information content (AvgIpc) is 3.07. The summed E-state index contributed by atoms with van der Waals surface area (Å²) in [6.45, 7) is 3.54. The average molecular weight is 279 g/mol. The van der Waals surface area contributed by atoms with Gasteiger partial charge in [-0.3, -0.25) is 4.79 Å². The molecule has 0 spiro atoms. The van der Waals surface area contributed by atoms with Gasteiger partial charge in [0.15, 0.2) is 0 Å². The van der Waals surface area contributed by atoms with E-state index in [0.717, 1.165) is 4.88 Å². The zero-order chi connectivity index (χ0) is 13.9. The van der Waals surface area contributed by atoms with Crippen LogP contribution in [0.1, 0.15) is 30.5 Å². The molecule has 4 nitrogen and oxygen atoms in total. The third-order valence-electron chi connectivity index (χ3n) is 3.08. The maximum Gasteiger partial charge on any atom is 0.231 e. The van der Waals surface area contributed by atoms with Crippen molar-refractivity contribution in [1.29, 1.82) is 0 Å². The Labute approximate surface area is 116 Å². The Morgan fingerprint density at radius 3 is 2.79 bits per heavy atom. The lowest BCUT2D eigenvalue weighted by atomic mass is 9.90. The van der Waals surface area contributed by atoms with Crippen LogP contribution in [0, 0.1) is 0 Å². The fourth-order valence-electron chi connectivity index (χ4n) is 1.78. The van der Waals surface area contributed by atoms with E-state index in [1.165, 1.54) is 6.26 Å². The minimum atomic E-state index is -0.631. The van der Waals surface area contributed by atoms with Gasteiger partial charge in [0.05, 0.1) is 18.3 Å². The molecule has 0 saturated carbocycles. The van der Waals surface area contributed by atoms with Crippen molar-refractivity contribution < 1.29 is 14.3 Å². The van der Waals surface area contributed by atoms with Gasteiger partial charge in [0.1, 0.15) is 11.8 Å². The third kappa shape index (κ3) is 2.88. The standard InChI is InChI=1S/C14H17NO3S/c1-14(2,12-6-4-8-19-12)13(17)15-10(9-16)11-5-3-7-18-11/h3-8,10,16H,9H2,1-2H3,(H,15,17). The van der Waals surface area contributed by atoms with Gasteiger partial charge >= 0.3 is 0 Å². The summed E-state index contributed by atoms with van der Waals surface area (Å²) in [6.07, 6.45) is 1.52. The Hall–Kier alpha value is -1.59. The molecular weight excluding hydrogens is 262 g/mol. The lowest BCUT2D eigenvalue weighted by Gasteiger charge is -2.25. The van der Waals surface area contributed by atoms with E-state index >= 15 is 0 Å². The Morgan fingerprint density at radius 1 is 1.47 bits per heavy atom. The van der Waals surface area contributed by atoms with Crippen LogP contribution in [0.25, 0.3) is 0 Å². The smallest absolute Gasteiger partial charge is 0.231 e. The number of aliphatic hydroxyl groups excluding tert-OH is 1. The number of nitrogens with one attached hydrogen (secondary N) is 1. The van der Waals surface area contributed by atoms with E-state index in [-0.39, 0.29) is 12.5 Å². The van der Waals surface area contributed by atoms with Crippen molar-refractivity contribution in [2.45, 2.75) is 25.3 Å². The molecule has 2 aromatic rings. The van der Waals surface area contributed by atoms with Crippen LogP contribution in [-0.4, -0.2) is 17.6 Å². The van der Waals surface area contributed by atoms with Crippen molar-refractivity contribution in [2.24, 2.45) is 0 Å². The van der Waals surface area contributed by atoms with Gasteiger partial charge in [0.2, 0.25) is 5.91 Å². The van der Waals surface area contributed by atoms with Crippen molar-refractivity contribution in [2.75, 3.05) is 6.61 Å². The van der Waals surface area contributed by atoms with Gasteiger partial charge in [0, 0.05) is 4.88 Å². The number of aliphatic hydroxyl groups is 1. The number of carbonyl (C=O) groups is 1. The largest absolute Gasteiger partial charge is 0.467 e. The van der Waals surface area contributed by atoms with Crippen molar-refractivity contribution in [3.05, 3.63) is 46.5 Å². The van der Waals surface area contributed by atoms with Crippen molar-refractivity contribution in [3.63, 3.8) is 0 Å². The molecule has 102 valence electrons. The molecule has 0 aliphatic carbocycles. The van der Waals surface area contributed by atoms with Crippen molar-refractivity contribution in [3.8, 4) is 0 Å². The summed E-state index contributed by atoms with van der Waals surface area (Å²) in [6, 6.07) is 6.81. The molecule has 2 rings (SSSR count). The van der Waals surface area contributed by atoms with E-state index in [4.69, 9.17) is 4.42 Å². The number of carbonyl (C=O) groups excluding carboxylic acids is 1. The first kappa shape index (κ1) is 13.8. The SMILES string of the molecule is CC(C)(C(=O)NC(CO)c1ccco1)c1cccs1. The van der Waals surface area contributed by atoms with Gasteiger partial charge in [0.25, 0.3) is 0 Å². The number of furan rings is 1. The molecule has 0 fully saturated rings. The predicted molar refractivity (Wildman–Crippen MR) is 74.0 cm³/mol. The number of hydrogen-bond donors (Lipinski definition) is 2. The Bertz CT molecular complexity index is 517. The molecule has 2 heterocycles. The molecule has 0 aromatic carbocycles. The molecule has 0 bridgehead atoms. The summed E-state index contributed by atoms with van der Waals surface area (Å²) in [7, 11) is 0. The maximum atomic E-state index is 12.4. The van der Waals surface area contributed by atoms with Gasteiger partial charge in [-0.25, -0.2) is 0 Å². The van der Waals surface area contributed by atoms with Gasteiger partial charge < -0.3 is 14.8 Å². The summed E-state index contributed by atoms with van der Waals surface area (Å²) >= 11 is 1.54. The molecule has 1 unspecified atom stereocenters. The van der Waals surface area contributed by atoms with E-state index in [0.29, 0.717) is 5.76 Å². The third-order valence-corrected chi connectivity index (χ3v) is 4.27. The van der Waals surface area contributed by atoms with E-state index in [9.17, 15) is 9.90 Å². The van der Waals surface area contributed by atoms with Gasteiger partial charge in [-0.1, -0.05) is 6.07 Å². The van der Waals surface area contributed by atoms with Crippen LogP contribution in [0.3, 0.4) is 0 Å². The highest BCUT2D eigenvalue weighted by molar-refractivity contribution is 7.10. The predicted octanol–water partition coefficient (Wildman–Crippen LogP) is 2.47. The quantitative estimate of drug-likeness (QED) is 0.883. The molecular formula is C14H17NO3S. The molecule has 0 aliphatic rings. The Morgan fingerprint density at radius 2 is 2.26 bits per heavy atom. The molecule has 0 radical (unpaired) electrons. The second-order valence-corrected chi connectivity index (χ2v) is 5.77. The molecule has 0 aliphatic heterocycles. The van der Waals surface area contributed by atoms with E-state index < -0.39 is 11.5 Å². The topological polar surface area (TPSA) is 62.5 Å². The minimum absolute atomic E-state index is 0.134. The number of thiophene rings is 1. The Kier molecular flexibility index (Phi) is 4.07. The van der Waals surface area contributed by atoms with Crippen molar-refractivity contribution in [1.82, 2.24) is 5.32 Å².